The van der Waals surface area contributed by atoms with Crippen LogP contribution in [0, 0.1) is 0 Å². The molecule has 146 valence electrons. The van der Waals surface area contributed by atoms with Crippen LogP contribution in [0.3, 0.4) is 0 Å². The Morgan fingerprint density at radius 1 is 1.00 bits per heavy atom. The van der Waals surface area contributed by atoms with Crippen LogP contribution in [-0.2, 0) is 16.3 Å². The fourth-order valence-corrected chi connectivity index (χ4v) is 3.77. The van der Waals surface area contributed by atoms with Crippen LogP contribution in [0.4, 0.5) is 10.5 Å². The van der Waals surface area contributed by atoms with Gasteiger partial charge in [0, 0.05) is 23.4 Å². The molecule has 0 saturated heterocycles. The van der Waals surface area contributed by atoms with Gasteiger partial charge < -0.3 is 15.4 Å². The Hall–Kier alpha value is -2.84. The molecule has 0 spiro atoms. The van der Waals surface area contributed by atoms with Crippen molar-refractivity contribution < 1.29 is 17.9 Å². The van der Waals surface area contributed by atoms with Gasteiger partial charge in [0.25, 0.3) is 0 Å². The van der Waals surface area contributed by atoms with Crippen LogP contribution in [0.1, 0.15) is 4.88 Å². The molecule has 28 heavy (non-hydrogen) atoms. The van der Waals surface area contributed by atoms with Crippen LogP contribution < -0.4 is 15.4 Å². The van der Waals surface area contributed by atoms with Crippen molar-refractivity contribution in [2.75, 3.05) is 18.1 Å². The molecule has 6 nitrogen and oxygen atoms in total. The molecule has 0 aliphatic carbocycles. The standard InChI is InChI=1S/C20H20N2O4S2/c1-28(24,25)19-10-8-17(9-11-19)26-16-6-4-15(5-7-16)22-20(23)21-13-12-18-3-2-14-27-18/h2-11,14H,12-13H2,1H3,(H2,21,22,23). The molecule has 2 N–H and O–H groups in total. The van der Waals surface area contributed by atoms with Crippen molar-refractivity contribution in [3.05, 3.63) is 70.9 Å². The van der Waals surface area contributed by atoms with Gasteiger partial charge in [-0.25, -0.2) is 13.2 Å². The lowest BCUT2D eigenvalue weighted by molar-refractivity contribution is 0.252. The molecule has 0 aliphatic rings. The third-order valence-electron chi connectivity index (χ3n) is 3.84. The molecular formula is C20H20N2O4S2. The third kappa shape index (κ3) is 5.83. The van der Waals surface area contributed by atoms with Crippen molar-refractivity contribution in [2.45, 2.75) is 11.3 Å². The number of rotatable bonds is 7. The van der Waals surface area contributed by atoms with Crippen molar-refractivity contribution in [2.24, 2.45) is 0 Å². The van der Waals surface area contributed by atoms with Gasteiger partial charge in [0.05, 0.1) is 4.90 Å². The molecule has 0 bridgehead atoms. The molecule has 0 saturated carbocycles. The molecule has 3 rings (SSSR count). The van der Waals surface area contributed by atoms with Crippen molar-refractivity contribution in [1.82, 2.24) is 5.32 Å². The zero-order chi connectivity index (χ0) is 20.0. The van der Waals surface area contributed by atoms with Crippen LogP contribution >= 0.6 is 11.3 Å². The Bertz CT molecular complexity index is 1010. The topological polar surface area (TPSA) is 84.5 Å². The smallest absolute Gasteiger partial charge is 0.319 e. The Morgan fingerprint density at radius 2 is 1.64 bits per heavy atom. The second-order valence-corrected chi connectivity index (χ2v) is 9.13. The number of carbonyl (C=O) groups excluding carboxylic acids is 1. The van der Waals surface area contributed by atoms with Gasteiger partial charge in [-0.3, -0.25) is 0 Å². The summed E-state index contributed by atoms with van der Waals surface area (Å²) < 4.78 is 28.6. The van der Waals surface area contributed by atoms with Crippen molar-refractivity contribution in [3.63, 3.8) is 0 Å². The number of carbonyl (C=O) groups is 1. The minimum Gasteiger partial charge on any atom is -0.457 e. The highest BCUT2D eigenvalue weighted by Gasteiger charge is 2.07. The Balaban J connectivity index is 1.49. The average Bonchev–Trinajstić information content (AvgIpc) is 3.16. The number of hydrogen-bond donors (Lipinski definition) is 2. The molecule has 1 aromatic heterocycles. The van der Waals surface area contributed by atoms with E-state index in [1.165, 1.54) is 17.0 Å². The average molecular weight is 417 g/mol. The molecule has 0 aliphatic heterocycles. The predicted octanol–water partition coefficient (Wildman–Crippen LogP) is 4.31. The number of sulfone groups is 1. The first-order valence-corrected chi connectivity index (χ1v) is 11.3. The van der Waals surface area contributed by atoms with E-state index in [-0.39, 0.29) is 10.9 Å². The summed E-state index contributed by atoms with van der Waals surface area (Å²) in [5, 5.41) is 7.60. The van der Waals surface area contributed by atoms with Gasteiger partial charge in [0.1, 0.15) is 11.5 Å². The number of hydrogen-bond acceptors (Lipinski definition) is 5. The summed E-state index contributed by atoms with van der Waals surface area (Å²) in [6.45, 7) is 0.566. The van der Waals surface area contributed by atoms with Crippen LogP contribution in [0.2, 0.25) is 0 Å². The van der Waals surface area contributed by atoms with Gasteiger partial charge in [-0.2, -0.15) is 0 Å². The second kappa shape index (κ2) is 8.90. The second-order valence-electron chi connectivity index (χ2n) is 6.08. The Kier molecular flexibility index (Phi) is 6.33. The normalized spacial score (nSPS) is 11.0. The first kappa shape index (κ1) is 19.9. The number of amides is 2. The van der Waals surface area contributed by atoms with E-state index in [1.807, 2.05) is 17.5 Å². The van der Waals surface area contributed by atoms with E-state index < -0.39 is 9.84 Å². The SMILES string of the molecule is CS(=O)(=O)c1ccc(Oc2ccc(NC(=O)NCCc3cccs3)cc2)cc1. The van der Waals surface area contributed by atoms with E-state index >= 15 is 0 Å². The van der Waals surface area contributed by atoms with Gasteiger partial charge in [0.15, 0.2) is 9.84 Å². The summed E-state index contributed by atoms with van der Waals surface area (Å²) in [6, 6.07) is 16.9. The lowest BCUT2D eigenvalue weighted by Crippen LogP contribution is -2.30. The summed E-state index contributed by atoms with van der Waals surface area (Å²) in [5.41, 5.74) is 0.647. The lowest BCUT2D eigenvalue weighted by atomic mass is 10.3. The van der Waals surface area contributed by atoms with E-state index in [4.69, 9.17) is 4.74 Å². The maximum atomic E-state index is 11.9. The lowest BCUT2D eigenvalue weighted by Gasteiger charge is -2.09. The molecule has 0 fully saturated rings. The molecule has 8 heteroatoms. The summed E-state index contributed by atoms with van der Waals surface area (Å²) >= 11 is 1.67. The predicted molar refractivity (Wildman–Crippen MR) is 111 cm³/mol. The van der Waals surface area contributed by atoms with E-state index in [1.54, 1.807) is 47.7 Å². The molecule has 3 aromatic rings. The van der Waals surface area contributed by atoms with Gasteiger partial charge >= 0.3 is 6.03 Å². The van der Waals surface area contributed by atoms with Crippen molar-refractivity contribution in [1.29, 1.82) is 0 Å². The number of nitrogens with one attached hydrogen (secondary N) is 2. The van der Waals surface area contributed by atoms with E-state index in [0.717, 1.165) is 12.7 Å². The quantitative estimate of drug-likeness (QED) is 0.601. The van der Waals surface area contributed by atoms with E-state index in [2.05, 4.69) is 10.6 Å². The summed E-state index contributed by atoms with van der Waals surface area (Å²) in [5.74, 6) is 1.11. The maximum absolute atomic E-state index is 11.9. The number of anilines is 1. The first-order valence-electron chi connectivity index (χ1n) is 8.55. The van der Waals surface area contributed by atoms with Crippen LogP contribution in [0.5, 0.6) is 11.5 Å². The fourth-order valence-electron chi connectivity index (χ4n) is 2.43. The Morgan fingerprint density at radius 3 is 2.21 bits per heavy atom. The zero-order valence-electron chi connectivity index (χ0n) is 15.2. The highest BCUT2D eigenvalue weighted by atomic mass is 32.2. The number of urea groups is 1. The van der Waals surface area contributed by atoms with Crippen LogP contribution in [-0.4, -0.2) is 27.2 Å². The van der Waals surface area contributed by atoms with E-state index in [0.29, 0.717) is 23.7 Å². The molecule has 0 unspecified atom stereocenters. The molecule has 0 atom stereocenters. The van der Waals surface area contributed by atoms with Crippen LogP contribution in [0.25, 0.3) is 0 Å². The minimum atomic E-state index is -3.23. The minimum absolute atomic E-state index is 0.240. The molecule has 0 radical (unpaired) electrons. The number of benzene rings is 2. The summed E-state index contributed by atoms with van der Waals surface area (Å²) in [7, 11) is -3.23. The molecule has 2 aromatic carbocycles. The third-order valence-corrected chi connectivity index (χ3v) is 5.90. The summed E-state index contributed by atoms with van der Waals surface area (Å²) in [6.07, 6.45) is 1.96. The van der Waals surface area contributed by atoms with Gasteiger partial charge in [-0.05, 0) is 66.4 Å². The first-order chi connectivity index (χ1) is 13.4. The Labute approximate surface area is 168 Å². The fraction of sp³-hybridized carbons (Fsp3) is 0.150. The van der Waals surface area contributed by atoms with Gasteiger partial charge in [0.2, 0.25) is 0 Å². The number of ether oxygens (including phenoxy) is 1. The number of thiophene rings is 1. The summed E-state index contributed by atoms with van der Waals surface area (Å²) in [4.78, 5) is 13.4. The van der Waals surface area contributed by atoms with Crippen molar-refractivity contribution >= 4 is 32.9 Å². The van der Waals surface area contributed by atoms with Crippen LogP contribution in [0.15, 0.2) is 70.9 Å². The van der Waals surface area contributed by atoms with Crippen molar-refractivity contribution in [3.8, 4) is 11.5 Å². The zero-order valence-corrected chi connectivity index (χ0v) is 16.8. The van der Waals surface area contributed by atoms with Gasteiger partial charge in [-0.15, -0.1) is 11.3 Å². The highest BCUT2D eigenvalue weighted by molar-refractivity contribution is 7.90. The monoisotopic (exact) mass is 416 g/mol. The maximum Gasteiger partial charge on any atom is 0.319 e. The van der Waals surface area contributed by atoms with E-state index in [9.17, 15) is 13.2 Å². The highest BCUT2D eigenvalue weighted by Crippen LogP contribution is 2.24. The molecular weight excluding hydrogens is 396 g/mol. The molecule has 1 heterocycles. The largest absolute Gasteiger partial charge is 0.457 e. The molecule has 2 amide bonds. The van der Waals surface area contributed by atoms with Gasteiger partial charge in [-0.1, -0.05) is 6.07 Å².